The molecule has 0 aromatic carbocycles. The molecule has 224 valence electrons. The predicted molar refractivity (Wildman–Crippen MR) is 82.4 cm³/mol. The van der Waals surface area contributed by atoms with Crippen molar-refractivity contribution in [1.82, 2.24) is 0 Å². The molecule has 0 unspecified atom stereocenters. The Morgan fingerprint density at radius 1 is 0.297 bits per heavy atom. The zero-order valence-electron chi connectivity index (χ0n) is 17.6. The summed E-state index contributed by atoms with van der Waals surface area (Å²) in [6, 6.07) is 0. The Balaban J connectivity index is 6.30. The van der Waals surface area contributed by atoms with Gasteiger partial charge in [-0.1, -0.05) is 0 Å². The second-order valence-corrected chi connectivity index (χ2v) is 7.48. The van der Waals surface area contributed by atoms with Crippen molar-refractivity contribution in [2.24, 2.45) is 0 Å². The van der Waals surface area contributed by atoms with Gasteiger partial charge in [0.25, 0.3) is 6.48 Å². The maximum Gasteiger partial charge on any atom is 0.391 e. The molecule has 0 aliphatic rings. The molecule has 0 aliphatic carbocycles. The largest absolute Gasteiger partial charge is 0.391 e. The van der Waals surface area contributed by atoms with Crippen LogP contribution in [0.2, 0.25) is 0 Å². The van der Waals surface area contributed by atoms with Crippen LogP contribution in [0, 0.1) is 0 Å². The van der Waals surface area contributed by atoms with Crippen molar-refractivity contribution in [2.75, 3.05) is 0 Å². The van der Waals surface area contributed by atoms with Gasteiger partial charge in [-0.3, -0.25) is 0 Å². The number of rotatable bonds is 12. The molecule has 0 aromatic rings. The number of ether oxygens (including phenoxy) is 3. The molecule has 0 aromatic heterocycles. The number of alkyl halides is 18. The van der Waals surface area contributed by atoms with Crippen molar-refractivity contribution in [3.05, 3.63) is 0 Å². The van der Waals surface area contributed by atoms with E-state index in [9.17, 15) is 79.0 Å². The van der Waals surface area contributed by atoms with E-state index in [2.05, 4.69) is 14.2 Å². The van der Waals surface area contributed by atoms with Crippen LogP contribution < -0.4 is 0 Å². The van der Waals surface area contributed by atoms with Gasteiger partial charge < -0.3 is 14.2 Å². The summed E-state index contributed by atoms with van der Waals surface area (Å²) in [4.78, 5) is 0. The van der Waals surface area contributed by atoms with E-state index in [0.29, 0.717) is 0 Å². The van der Waals surface area contributed by atoms with Crippen LogP contribution in [-0.4, -0.2) is 61.8 Å². The summed E-state index contributed by atoms with van der Waals surface area (Å²) in [6.45, 7) is -3.67. The highest BCUT2D eigenvalue weighted by molar-refractivity contribution is 4.73. The maximum absolute atomic E-state index is 12.6. The lowest BCUT2D eigenvalue weighted by molar-refractivity contribution is -0.364. The Labute approximate surface area is 195 Å². The fourth-order valence-corrected chi connectivity index (χ4v) is 2.62. The van der Waals surface area contributed by atoms with Gasteiger partial charge in [0.1, 0.15) is 0 Å². The van der Waals surface area contributed by atoms with Crippen LogP contribution >= 0.6 is 0 Å². The average molecular weight is 598 g/mol. The zero-order chi connectivity index (χ0) is 29.7. The third-order valence-electron chi connectivity index (χ3n) is 3.67. The first-order valence-corrected chi connectivity index (χ1v) is 9.39. The van der Waals surface area contributed by atoms with Crippen molar-refractivity contribution >= 4 is 0 Å². The van der Waals surface area contributed by atoms with E-state index in [-0.39, 0.29) is 0 Å². The minimum Gasteiger partial charge on any atom is -0.326 e. The van der Waals surface area contributed by atoms with E-state index in [1.807, 2.05) is 0 Å². The molecule has 0 saturated heterocycles. The molecule has 0 N–H and O–H groups in total. The van der Waals surface area contributed by atoms with Crippen molar-refractivity contribution in [3.8, 4) is 0 Å². The smallest absolute Gasteiger partial charge is 0.326 e. The van der Waals surface area contributed by atoms with E-state index in [1.54, 1.807) is 0 Å². The van der Waals surface area contributed by atoms with Gasteiger partial charge in [-0.15, -0.1) is 0 Å². The molecular formula is C16H16F18O3. The minimum atomic E-state index is -5.56. The SMILES string of the molecule is FC(F)(F)CC(CC(F)(F)F)OC(OC(CC(F)(F)F)CC(F)(F)F)OC(CC(F)(F)F)CC(F)(F)F. The molecule has 0 fully saturated rings. The quantitative estimate of drug-likeness (QED) is 0.168. The standard InChI is InChI=1S/C16H16F18O3/c17-11(18,19)1-7(2-12(20,21)22)35-10(36-8(3-13(23,24)25)4-14(26,27)28)37-9(5-15(29,30)31)6-16(32,33)34/h7-10H,1-6H2. The predicted octanol–water partition coefficient (Wildman–Crippen LogP) is 8.14. The molecule has 0 saturated carbocycles. The van der Waals surface area contributed by atoms with Gasteiger partial charge in [-0.25, -0.2) is 0 Å². The van der Waals surface area contributed by atoms with Crippen LogP contribution in [0.3, 0.4) is 0 Å². The number of hydrogen-bond acceptors (Lipinski definition) is 3. The van der Waals surface area contributed by atoms with Gasteiger partial charge in [0.05, 0.1) is 56.8 Å². The third-order valence-corrected chi connectivity index (χ3v) is 3.67. The van der Waals surface area contributed by atoms with Gasteiger partial charge in [0.2, 0.25) is 0 Å². The Bertz CT molecular complexity index is 518. The molecular weight excluding hydrogens is 582 g/mol. The van der Waals surface area contributed by atoms with E-state index < -0.39 is 100 Å². The third kappa shape index (κ3) is 22.3. The van der Waals surface area contributed by atoms with Gasteiger partial charge in [-0.05, 0) is 0 Å². The van der Waals surface area contributed by atoms with Crippen molar-refractivity contribution in [3.63, 3.8) is 0 Å². The normalized spacial score (nSPS) is 15.1. The van der Waals surface area contributed by atoms with Crippen LogP contribution in [0.25, 0.3) is 0 Å². The summed E-state index contributed by atoms with van der Waals surface area (Å²) >= 11 is 0. The van der Waals surface area contributed by atoms with Crippen molar-refractivity contribution in [1.29, 1.82) is 0 Å². The van der Waals surface area contributed by atoms with Crippen molar-refractivity contribution in [2.45, 2.75) is 100 Å². The summed E-state index contributed by atoms with van der Waals surface area (Å²) in [5.41, 5.74) is 0. The zero-order valence-corrected chi connectivity index (χ0v) is 17.6. The van der Waals surface area contributed by atoms with Gasteiger partial charge in [0.15, 0.2) is 0 Å². The van der Waals surface area contributed by atoms with E-state index in [0.717, 1.165) is 0 Å². The second-order valence-electron chi connectivity index (χ2n) is 7.48. The lowest BCUT2D eigenvalue weighted by atomic mass is 10.1. The van der Waals surface area contributed by atoms with Crippen LogP contribution in [0.15, 0.2) is 0 Å². The highest BCUT2D eigenvalue weighted by Gasteiger charge is 2.46. The second kappa shape index (κ2) is 12.6. The number of halogens is 18. The molecule has 0 atom stereocenters. The van der Waals surface area contributed by atoms with E-state index >= 15 is 0 Å². The summed E-state index contributed by atoms with van der Waals surface area (Å²) in [6.07, 6.45) is -59.1. The van der Waals surface area contributed by atoms with Crippen LogP contribution in [0.4, 0.5) is 79.0 Å². The number of hydrogen-bond donors (Lipinski definition) is 0. The summed E-state index contributed by atoms with van der Waals surface area (Å²) in [5.74, 6) is 0. The van der Waals surface area contributed by atoms with Gasteiger partial charge >= 0.3 is 37.1 Å². The van der Waals surface area contributed by atoms with E-state index in [1.165, 1.54) is 0 Å². The average Bonchev–Trinajstić information content (AvgIpc) is 2.43. The molecule has 21 heteroatoms. The molecule has 0 heterocycles. The molecule has 0 rings (SSSR count). The maximum atomic E-state index is 12.6. The van der Waals surface area contributed by atoms with Crippen LogP contribution in [0.5, 0.6) is 0 Å². The van der Waals surface area contributed by atoms with Gasteiger partial charge in [-0.2, -0.15) is 79.0 Å². The fraction of sp³-hybridized carbons (Fsp3) is 1.00. The first kappa shape index (κ1) is 35.6. The fourth-order valence-electron chi connectivity index (χ4n) is 2.62. The van der Waals surface area contributed by atoms with Crippen LogP contribution in [0.1, 0.15) is 38.5 Å². The lowest BCUT2D eigenvalue weighted by Gasteiger charge is -2.32. The molecule has 0 radical (unpaired) electrons. The summed E-state index contributed by atoms with van der Waals surface area (Å²) in [5, 5.41) is 0. The Morgan fingerprint density at radius 3 is 0.541 bits per heavy atom. The molecule has 37 heavy (non-hydrogen) atoms. The summed E-state index contributed by atoms with van der Waals surface area (Å²) < 4.78 is 239. The topological polar surface area (TPSA) is 27.7 Å². The molecule has 0 spiro atoms. The highest BCUT2D eigenvalue weighted by Crippen LogP contribution is 2.36. The molecule has 0 bridgehead atoms. The molecule has 3 nitrogen and oxygen atoms in total. The first-order valence-electron chi connectivity index (χ1n) is 9.39. The Hall–Kier alpha value is -1.38. The monoisotopic (exact) mass is 598 g/mol. The minimum absolute atomic E-state index is 2.64. The van der Waals surface area contributed by atoms with Crippen molar-refractivity contribution < 1.29 is 93.2 Å². The summed E-state index contributed by atoms with van der Waals surface area (Å²) in [7, 11) is 0. The highest BCUT2D eigenvalue weighted by atomic mass is 19.4. The Kier molecular flexibility index (Phi) is 12.2. The molecule has 0 aliphatic heterocycles. The van der Waals surface area contributed by atoms with Crippen LogP contribution in [-0.2, 0) is 14.2 Å². The van der Waals surface area contributed by atoms with Gasteiger partial charge in [0, 0.05) is 0 Å². The Morgan fingerprint density at radius 2 is 0.432 bits per heavy atom. The van der Waals surface area contributed by atoms with E-state index in [4.69, 9.17) is 0 Å². The molecule has 0 amide bonds. The lowest BCUT2D eigenvalue weighted by Crippen LogP contribution is -2.41. The first-order chi connectivity index (χ1) is 16.0.